The van der Waals surface area contributed by atoms with Gasteiger partial charge in [-0.25, -0.2) is 4.79 Å². The number of aliphatic hydroxyl groups excluding tert-OH is 1. The molecule has 0 aromatic heterocycles. The van der Waals surface area contributed by atoms with Crippen LogP contribution in [0.5, 0.6) is 5.75 Å². The zero-order chi connectivity index (χ0) is 15.1. The molecule has 1 aliphatic rings. The van der Waals surface area contributed by atoms with Gasteiger partial charge in [-0.2, -0.15) is 0 Å². The van der Waals surface area contributed by atoms with Gasteiger partial charge in [0.25, 0.3) is 0 Å². The van der Waals surface area contributed by atoms with Crippen LogP contribution in [-0.2, 0) is 0 Å². The zero-order valence-electron chi connectivity index (χ0n) is 12.4. The number of ether oxygens (including phenoxy) is 1. The fraction of sp³-hybridized carbons (Fsp3) is 0.533. The molecule has 1 saturated heterocycles. The number of carbonyl (C=O) groups is 1. The van der Waals surface area contributed by atoms with Crippen molar-refractivity contribution < 1.29 is 14.6 Å². The number of nitrogens with one attached hydrogen (secondary N) is 1. The molecular weight excluding hydrogens is 270 g/mol. The summed E-state index contributed by atoms with van der Waals surface area (Å²) in [5.41, 5.74) is 0.682. The lowest BCUT2D eigenvalue weighted by molar-refractivity contribution is 0.194. The Bertz CT molecular complexity index is 467. The van der Waals surface area contributed by atoms with Crippen molar-refractivity contribution in [3.05, 3.63) is 24.3 Å². The molecule has 1 heterocycles. The fourth-order valence-corrected chi connectivity index (χ4v) is 2.48. The molecule has 1 aromatic rings. The third-order valence-electron chi connectivity index (χ3n) is 3.64. The minimum absolute atomic E-state index is 0.106. The monoisotopic (exact) mass is 293 g/mol. The van der Waals surface area contributed by atoms with Crippen LogP contribution in [0.15, 0.2) is 24.3 Å². The van der Waals surface area contributed by atoms with Gasteiger partial charge in [0, 0.05) is 26.2 Å². The predicted octanol–water partition coefficient (Wildman–Crippen LogP) is 1.23. The number of nitrogens with zero attached hydrogens (tertiary/aromatic N) is 2. The van der Waals surface area contributed by atoms with Crippen LogP contribution in [0.1, 0.15) is 6.42 Å². The van der Waals surface area contributed by atoms with Gasteiger partial charge in [-0.1, -0.05) is 12.1 Å². The first-order valence-corrected chi connectivity index (χ1v) is 7.26. The van der Waals surface area contributed by atoms with E-state index in [1.165, 1.54) is 0 Å². The fourth-order valence-electron chi connectivity index (χ4n) is 2.48. The molecule has 1 aromatic carbocycles. The van der Waals surface area contributed by atoms with Gasteiger partial charge < -0.3 is 20.1 Å². The number of hydrogen-bond acceptors (Lipinski definition) is 4. The van der Waals surface area contributed by atoms with Crippen molar-refractivity contribution in [3.63, 3.8) is 0 Å². The van der Waals surface area contributed by atoms with E-state index in [2.05, 4.69) is 10.2 Å². The Morgan fingerprint density at radius 1 is 1.29 bits per heavy atom. The number of β-amino-alcohol motifs (C(OH)–C–C–N with tert-alkyl or cyclic N) is 1. The molecule has 0 aliphatic carbocycles. The number of aliphatic hydroxyl groups is 1. The molecule has 0 spiro atoms. The average Bonchev–Trinajstić information content (AvgIpc) is 2.74. The van der Waals surface area contributed by atoms with Crippen LogP contribution in [0.4, 0.5) is 10.5 Å². The standard InChI is InChI=1S/C15H23N3O3/c1-21-14-6-3-2-5-13(14)16-15(20)18-8-4-7-17(9-10-18)11-12-19/h2-3,5-6,19H,4,7-12H2,1H3,(H,16,20). The highest BCUT2D eigenvalue weighted by molar-refractivity contribution is 5.91. The van der Waals surface area contributed by atoms with Gasteiger partial charge >= 0.3 is 6.03 Å². The molecule has 21 heavy (non-hydrogen) atoms. The van der Waals surface area contributed by atoms with Gasteiger partial charge in [-0.05, 0) is 25.1 Å². The Balaban J connectivity index is 1.94. The van der Waals surface area contributed by atoms with E-state index >= 15 is 0 Å². The molecule has 0 radical (unpaired) electrons. The lowest BCUT2D eigenvalue weighted by Gasteiger charge is -2.22. The summed E-state index contributed by atoms with van der Waals surface area (Å²) >= 11 is 0. The molecule has 6 heteroatoms. The highest BCUT2D eigenvalue weighted by Gasteiger charge is 2.19. The van der Waals surface area contributed by atoms with E-state index in [-0.39, 0.29) is 12.6 Å². The quantitative estimate of drug-likeness (QED) is 0.876. The second kappa shape index (κ2) is 7.85. The van der Waals surface area contributed by atoms with E-state index in [9.17, 15) is 4.79 Å². The summed E-state index contributed by atoms with van der Waals surface area (Å²) in [5.74, 6) is 0.655. The maximum Gasteiger partial charge on any atom is 0.321 e. The molecular formula is C15H23N3O3. The number of amides is 2. The first kappa shape index (κ1) is 15.6. The van der Waals surface area contributed by atoms with E-state index in [1.807, 2.05) is 29.2 Å². The second-order valence-electron chi connectivity index (χ2n) is 5.04. The number of urea groups is 1. The van der Waals surface area contributed by atoms with Crippen molar-refractivity contribution in [2.24, 2.45) is 0 Å². The zero-order valence-corrected chi connectivity index (χ0v) is 12.4. The Labute approximate surface area is 125 Å². The number of anilines is 1. The van der Waals surface area contributed by atoms with Gasteiger partial charge in [0.15, 0.2) is 0 Å². The summed E-state index contributed by atoms with van der Waals surface area (Å²) in [4.78, 5) is 16.3. The number of rotatable bonds is 4. The van der Waals surface area contributed by atoms with E-state index in [4.69, 9.17) is 9.84 Å². The molecule has 0 unspecified atom stereocenters. The molecule has 2 N–H and O–H groups in total. The summed E-state index contributed by atoms with van der Waals surface area (Å²) in [6, 6.07) is 7.27. The first-order valence-electron chi connectivity index (χ1n) is 7.26. The predicted molar refractivity (Wildman–Crippen MR) is 81.7 cm³/mol. The topological polar surface area (TPSA) is 65.0 Å². The van der Waals surface area contributed by atoms with Gasteiger partial charge in [-0.15, -0.1) is 0 Å². The van der Waals surface area contributed by atoms with Crippen LogP contribution in [0.2, 0.25) is 0 Å². The molecule has 2 amide bonds. The largest absolute Gasteiger partial charge is 0.495 e. The maximum atomic E-state index is 12.3. The summed E-state index contributed by atoms with van der Waals surface area (Å²) < 4.78 is 5.24. The molecule has 0 bridgehead atoms. The van der Waals surface area contributed by atoms with Gasteiger partial charge in [0.2, 0.25) is 0 Å². The Morgan fingerprint density at radius 2 is 2.10 bits per heavy atom. The Kier molecular flexibility index (Phi) is 5.83. The minimum atomic E-state index is -0.106. The molecule has 2 rings (SSSR count). The van der Waals surface area contributed by atoms with Crippen molar-refractivity contribution in [2.75, 3.05) is 51.8 Å². The van der Waals surface area contributed by atoms with Crippen LogP contribution in [-0.4, -0.2) is 67.4 Å². The molecule has 116 valence electrons. The lowest BCUT2D eigenvalue weighted by atomic mass is 10.3. The summed E-state index contributed by atoms with van der Waals surface area (Å²) in [7, 11) is 1.59. The molecule has 6 nitrogen and oxygen atoms in total. The van der Waals surface area contributed by atoms with Crippen LogP contribution < -0.4 is 10.1 Å². The van der Waals surface area contributed by atoms with E-state index in [0.29, 0.717) is 24.5 Å². The van der Waals surface area contributed by atoms with Crippen molar-refractivity contribution in [3.8, 4) is 5.75 Å². The van der Waals surface area contributed by atoms with Crippen molar-refractivity contribution in [1.82, 2.24) is 9.80 Å². The lowest BCUT2D eigenvalue weighted by Crippen LogP contribution is -2.38. The third kappa shape index (κ3) is 4.34. The van der Waals surface area contributed by atoms with Crippen molar-refractivity contribution in [2.45, 2.75) is 6.42 Å². The van der Waals surface area contributed by atoms with Crippen LogP contribution in [0, 0.1) is 0 Å². The highest BCUT2D eigenvalue weighted by Crippen LogP contribution is 2.23. The van der Waals surface area contributed by atoms with E-state index < -0.39 is 0 Å². The molecule has 0 atom stereocenters. The summed E-state index contributed by atoms with van der Waals surface area (Å²) in [6.07, 6.45) is 0.916. The van der Waals surface area contributed by atoms with Crippen LogP contribution in [0.25, 0.3) is 0 Å². The molecule has 1 fully saturated rings. The third-order valence-corrected chi connectivity index (χ3v) is 3.64. The number of benzene rings is 1. The minimum Gasteiger partial charge on any atom is -0.495 e. The second-order valence-corrected chi connectivity index (χ2v) is 5.04. The van der Waals surface area contributed by atoms with E-state index in [0.717, 1.165) is 26.1 Å². The average molecular weight is 293 g/mol. The van der Waals surface area contributed by atoms with Gasteiger partial charge in [0.05, 0.1) is 19.4 Å². The maximum absolute atomic E-state index is 12.3. The smallest absolute Gasteiger partial charge is 0.321 e. The number of hydrogen-bond donors (Lipinski definition) is 2. The molecule has 1 aliphatic heterocycles. The number of para-hydroxylation sites is 2. The van der Waals surface area contributed by atoms with Gasteiger partial charge in [0.1, 0.15) is 5.75 Å². The first-order chi connectivity index (χ1) is 10.2. The number of methoxy groups -OCH3 is 1. The summed E-state index contributed by atoms with van der Waals surface area (Å²) in [6.45, 7) is 3.93. The number of carbonyl (C=O) groups excluding carboxylic acids is 1. The van der Waals surface area contributed by atoms with E-state index in [1.54, 1.807) is 7.11 Å². The van der Waals surface area contributed by atoms with Crippen molar-refractivity contribution in [1.29, 1.82) is 0 Å². The highest BCUT2D eigenvalue weighted by atomic mass is 16.5. The van der Waals surface area contributed by atoms with Gasteiger partial charge in [-0.3, -0.25) is 4.90 Å². The Morgan fingerprint density at radius 3 is 2.86 bits per heavy atom. The summed E-state index contributed by atoms with van der Waals surface area (Å²) in [5, 5.41) is 11.9. The van der Waals surface area contributed by atoms with Crippen molar-refractivity contribution >= 4 is 11.7 Å². The Hall–Kier alpha value is -1.79. The normalized spacial score (nSPS) is 16.4. The van der Waals surface area contributed by atoms with Crippen LogP contribution in [0.3, 0.4) is 0 Å². The molecule has 0 saturated carbocycles. The van der Waals surface area contributed by atoms with Crippen LogP contribution >= 0.6 is 0 Å². The SMILES string of the molecule is COc1ccccc1NC(=O)N1CCCN(CCO)CC1.